The molecule has 0 aliphatic rings. The lowest BCUT2D eigenvalue weighted by Crippen LogP contribution is -2.51. The number of carbonyl (C=O) groups excluding carboxylic acids is 2. The van der Waals surface area contributed by atoms with Gasteiger partial charge in [-0.2, -0.15) is 0 Å². The summed E-state index contributed by atoms with van der Waals surface area (Å²) in [7, 11) is 1.48. The van der Waals surface area contributed by atoms with Gasteiger partial charge in [0.1, 0.15) is 5.54 Å². The molecule has 7 nitrogen and oxygen atoms in total. The molecular formula is C18H25NO6. The van der Waals surface area contributed by atoms with Gasteiger partial charge in [0.05, 0.1) is 13.7 Å². The molecule has 7 heteroatoms. The van der Waals surface area contributed by atoms with E-state index < -0.39 is 11.5 Å². The highest BCUT2D eigenvalue weighted by molar-refractivity contribution is 5.94. The van der Waals surface area contributed by atoms with Crippen LogP contribution in [0.15, 0.2) is 18.2 Å². The molecule has 1 rings (SSSR count). The van der Waals surface area contributed by atoms with E-state index in [1.807, 2.05) is 0 Å². The SMILES string of the molecule is CCC(C)(NC(=O)CCCOc1ccc(C(C)=O)cc1OC)C(=O)O. The molecule has 0 bridgehead atoms. The quantitative estimate of drug-likeness (QED) is 0.496. The summed E-state index contributed by atoms with van der Waals surface area (Å²) in [6, 6.07) is 4.89. The third-order valence-corrected chi connectivity index (χ3v) is 3.97. The average Bonchev–Trinajstić information content (AvgIpc) is 2.58. The number of ether oxygens (including phenoxy) is 2. The largest absolute Gasteiger partial charge is 0.493 e. The Kier molecular flexibility index (Phi) is 7.42. The standard InChI is InChI=1S/C18H25NO6/c1-5-18(3,17(22)23)19-16(21)7-6-10-25-14-9-8-13(12(2)20)11-15(14)24-4/h8-9,11H,5-7,10H2,1-4H3,(H,19,21)(H,22,23). The Morgan fingerprint density at radius 1 is 1.24 bits per heavy atom. The summed E-state index contributed by atoms with van der Waals surface area (Å²) < 4.78 is 10.8. The average molecular weight is 351 g/mol. The van der Waals surface area contributed by atoms with Crippen molar-refractivity contribution in [1.29, 1.82) is 0 Å². The van der Waals surface area contributed by atoms with Crippen LogP contribution >= 0.6 is 0 Å². The molecule has 0 saturated heterocycles. The first kappa shape index (κ1) is 20.5. The third kappa shape index (κ3) is 5.77. The fourth-order valence-electron chi connectivity index (χ4n) is 2.08. The van der Waals surface area contributed by atoms with Crippen LogP contribution in [0.5, 0.6) is 11.5 Å². The lowest BCUT2D eigenvalue weighted by Gasteiger charge is -2.24. The van der Waals surface area contributed by atoms with Crippen LogP contribution in [0, 0.1) is 0 Å². The highest BCUT2D eigenvalue weighted by atomic mass is 16.5. The molecule has 138 valence electrons. The number of rotatable bonds is 10. The van der Waals surface area contributed by atoms with E-state index in [0.29, 0.717) is 29.9 Å². The van der Waals surface area contributed by atoms with E-state index in [4.69, 9.17) is 14.6 Å². The van der Waals surface area contributed by atoms with Crippen molar-refractivity contribution in [3.05, 3.63) is 23.8 Å². The second-order valence-electron chi connectivity index (χ2n) is 5.91. The number of methoxy groups -OCH3 is 1. The monoisotopic (exact) mass is 351 g/mol. The topological polar surface area (TPSA) is 102 Å². The van der Waals surface area contributed by atoms with E-state index in [0.717, 1.165) is 0 Å². The summed E-state index contributed by atoms with van der Waals surface area (Å²) in [5, 5.41) is 11.7. The van der Waals surface area contributed by atoms with Crippen molar-refractivity contribution in [2.24, 2.45) is 0 Å². The Hall–Kier alpha value is -2.57. The predicted octanol–water partition coefficient (Wildman–Crippen LogP) is 2.43. The zero-order valence-corrected chi connectivity index (χ0v) is 15.0. The Morgan fingerprint density at radius 2 is 1.92 bits per heavy atom. The molecule has 0 radical (unpaired) electrons. The molecule has 1 aromatic rings. The van der Waals surface area contributed by atoms with E-state index >= 15 is 0 Å². The highest BCUT2D eigenvalue weighted by Crippen LogP contribution is 2.28. The number of Topliss-reactive ketones (excluding diaryl/α,β-unsaturated/α-hetero) is 1. The van der Waals surface area contributed by atoms with E-state index in [1.165, 1.54) is 21.0 Å². The van der Waals surface area contributed by atoms with E-state index in [1.54, 1.807) is 25.1 Å². The number of aliphatic carboxylic acids is 1. The maximum Gasteiger partial charge on any atom is 0.329 e. The Bertz CT molecular complexity index is 642. The summed E-state index contributed by atoms with van der Waals surface area (Å²) in [4.78, 5) is 34.4. The molecule has 0 aromatic heterocycles. The van der Waals surface area contributed by atoms with Crippen LogP contribution in [-0.2, 0) is 9.59 Å². The number of carboxylic acid groups (broad SMARTS) is 1. The van der Waals surface area contributed by atoms with Gasteiger partial charge in [0.15, 0.2) is 17.3 Å². The summed E-state index contributed by atoms with van der Waals surface area (Å²) in [6.07, 6.45) is 0.865. The molecule has 2 N–H and O–H groups in total. The van der Waals surface area contributed by atoms with Gasteiger partial charge in [-0.3, -0.25) is 9.59 Å². The van der Waals surface area contributed by atoms with Gasteiger partial charge in [-0.05, 0) is 44.9 Å². The molecule has 1 amide bonds. The van der Waals surface area contributed by atoms with Crippen LogP contribution in [-0.4, -0.2) is 42.0 Å². The second kappa shape index (κ2) is 9.05. The van der Waals surface area contributed by atoms with Crippen molar-refractivity contribution in [3.8, 4) is 11.5 Å². The lowest BCUT2D eigenvalue weighted by atomic mass is 9.99. The van der Waals surface area contributed by atoms with Crippen molar-refractivity contribution in [3.63, 3.8) is 0 Å². The van der Waals surface area contributed by atoms with Gasteiger partial charge in [-0.25, -0.2) is 4.79 Å². The van der Waals surface area contributed by atoms with Gasteiger partial charge >= 0.3 is 5.97 Å². The molecule has 0 aliphatic heterocycles. The van der Waals surface area contributed by atoms with Gasteiger partial charge in [0.25, 0.3) is 0 Å². The molecule has 1 aromatic carbocycles. The summed E-state index contributed by atoms with van der Waals surface area (Å²) in [5.41, 5.74) is -0.736. The molecule has 25 heavy (non-hydrogen) atoms. The molecule has 0 heterocycles. The van der Waals surface area contributed by atoms with Gasteiger partial charge in [-0.15, -0.1) is 0 Å². The molecule has 0 fully saturated rings. The summed E-state index contributed by atoms with van der Waals surface area (Å²) in [6.45, 7) is 4.91. The number of hydrogen-bond acceptors (Lipinski definition) is 5. The number of benzene rings is 1. The first-order chi connectivity index (χ1) is 11.7. The van der Waals surface area contributed by atoms with Crippen LogP contribution in [0.3, 0.4) is 0 Å². The molecule has 0 saturated carbocycles. The number of carboxylic acids is 1. The molecule has 0 aliphatic carbocycles. The van der Waals surface area contributed by atoms with Crippen molar-refractivity contribution >= 4 is 17.7 Å². The van der Waals surface area contributed by atoms with E-state index in [2.05, 4.69) is 5.32 Å². The minimum Gasteiger partial charge on any atom is -0.493 e. The van der Waals surface area contributed by atoms with Crippen LogP contribution in [0.2, 0.25) is 0 Å². The van der Waals surface area contributed by atoms with Gasteiger partial charge in [-0.1, -0.05) is 6.92 Å². The van der Waals surface area contributed by atoms with E-state index in [9.17, 15) is 14.4 Å². The number of amides is 1. The highest BCUT2D eigenvalue weighted by Gasteiger charge is 2.32. The number of nitrogens with one attached hydrogen (secondary N) is 1. The summed E-state index contributed by atoms with van der Waals surface area (Å²) in [5.74, 6) is -0.540. The number of carbonyl (C=O) groups is 3. The second-order valence-corrected chi connectivity index (χ2v) is 5.91. The fraction of sp³-hybridized carbons (Fsp3) is 0.500. The summed E-state index contributed by atoms with van der Waals surface area (Å²) >= 11 is 0. The third-order valence-electron chi connectivity index (χ3n) is 3.97. The number of hydrogen-bond donors (Lipinski definition) is 2. The zero-order valence-electron chi connectivity index (χ0n) is 15.0. The lowest BCUT2D eigenvalue weighted by molar-refractivity contribution is -0.147. The van der Waals surface area contributed by atoms with Crippen LogP contribution in [0.25, 0.3) is 0 Å². The Labute approximate surface area is 147 Å². The van der Waals surface area contributed by atoms with Crippen molar-refractivity contribution < 1.29 is 29.0 Å². The Morgan fingerprint density at radius 3 is 2.44 bits per heavy atom. The Balaban J connectivity index is 2.52. The minimum atomic E-state index is -1.26. The zero-order chi connectivity index (χ0) is 19.0. The molecule has 1 atom stereocenters. The smallest absolute Gasteiger partial charge is 0.329 e. The normalized spacial score (nSPS) is 12.8. The first-order valence-electron chi connectivity index (χ1n) is 8.09. The van der Waals surface area contributed by atoms with Crippen LogP contribution < -0.4 is 14.8 Å². The fourth-order valence-corrected chi connectivity index (χ4v) is 2.08. The predicted molar refractivity (Wildman–Crippen MR) is 92.2 cm³/mol. The molecular weight excluding hydrogens is 326 g/mol. The molecule has 1 unspecified atom stereocenters. The van der Waals surface area contributed by atoms with Crippen molar-refractivity contribution in [2.75, 3.05) is 13.7 Å². The molecule has 0 spiro atoms. The van der Waals surface area contributed by atoms with Gasteiger partial charge < -0.3 is 19.9 Å². The first-order valence-corrected chi connectivity index (χ1v) is 8.09. The van der Waals surface area contributed by atoms with E-state index in [-0.39, 0.29) is 24.7 Å². The van der Waals surface area contributed by atoms with Gasteiger partial charge in [0, 0.05) is 12.0 Å². The minimum absolute atomic E-state index is 0.0704. The van der Waals surface area contributed by atoms with Gasteiger partial charge in [0.2, 0.25) is 5.91 Å². The maximum absolute atomic E-state index is 11.9. The van der Waals surface area contributed by atoms with Crippen LogP contribution in [0.1, 0.15) is 50.4 Å². The van der Waals surface area contributed by atoms with Crippen molar-refractivity contribution in [1.82, 2.24) is 5.32 Å². The number of ketones is 1. The van der Waals surface area contributed by atoms with Crippen molar-refractivity contribution in [2.45, 2.75) is 45.6 Å². The maximum atomic E-state index is 11.9. The van der Waals surface area contributed by atoms with Crippen LogP contribution in [0.4, 0.5) is 0 Å².